The Kier molecular flexibility index (Phi) is 11.4. The SMILES string of the molecule is O=C1c2ccc(cc2)-c2ccc(cc2)C(=O)[C@H](O)c2ccc(cc2)-c2ccc(cc2)[C@@H](O)C(=O)c2ccc(cc2)-c2ccc(cc2)C(=O)[C@@H](O)c2ccc(cc2)-c2ccc(cc2)[C@@H]1O. The summed E-state index contributed by atoms with van der Waals surface area (Å²) in [5.41, 5.74) is 9.40. The second-order valence-corrected chi connectivity index (χ2v) is 15.9. The average molecular weight is 841 g/mol. The summed E-state index contributed by atoms with van der Waals surface area (Å²) in [5, 5.41) is 44.2. The summed E-state index contributed by atoms with van der Waals surface area (Å²) in [6, 6.07) is 55.2. The summed E-state index contributed by atoms with van der Waals surface area (Å²) >= 11 is 0. The molecular formula is C56H40O8. The van der Waals surface area contributed by atoms with Crippen molar-refractivity contribution in [2.75, 3.05) is 0 Å². The van der Waals surface area contributed by atoms with Crippen LogP contribution in [-0.4, -0.2) is 43.6 Å². The van der Waals surface area contributed by atoms with Gasteiger partial charge in [0.25, 0.3) is 0 Å². The second kappa shape index (κ2) is 17.6. The van der Waals surface area contributed by atoms with E-state index in [1.54, 1.807) is 194 Å². The van der Waals surface area contributed by atoms with Crippen molar-refractivity contribution in [3.63, 3.8) is 0 Å². The molecule has 21 rings (SSSR count). The van der Waals surface area contributed by atoms with Crippen LogP contribution in [0.5, 0.6) is 0 Å². The molecule has 8 aromatic rings. The molecule has 0 unspecified atom stereocenters. The second-order valence-electron chi connectivity index (χ2n) is 15.9. The average Bonchev–Trinajstić information content (AvgIpc) is 3.37. The molecule has 13 aliphatic rings. The molecule has 8 heteroatoms. The molecular weight excluding hydrogens is 801 g/mol. The zero-order valence-corrected chi connectivity index (χ0v) is 34.2. The Morgan fingerprint density at radius 3 is 0.438 bits per heavy atom. The summed E-state index contributed by atoms with van der Waals surface area (Å²) in [4.78, 5) is 53.4. The number of carbonyl (C=O) groups is 4. The zero-order chi connectivity index (χ0) is 44.5. The number of hydrogen-bond acceptors (Lipinski definition) is 8. The lowest BCUT2D eigenvalue weighted by molar-refractivity contribution is 0.0743. The molecule has 8 nitrogen and oxygen atoms in total. The van der Waals surface area contributed by atoms with Gasteiger partial charge in [-0.1, -0.05) is 194 Å². The van der Waals surface area contributed by atoms with Crippen molar-refractivity contribution in [3.8, 4) is 44.5 Å². The molecule has 4 N–H and O–H groups in total. The normalized spacial score (nSPS) is 17.8. The van der Waals surface area contributed by atoms with Gasteiger partial charge in [0.1, 0.15) is 24.4 Å². The van der Waals surface area contributed by atoms with Crippen molar-refractivity contribution >= 4 is 23.1 Å². The fourth-order valence-corrected chi connectivity index (χ4v) is 7.98. The predicted molar refractivity (Wildman–Crippen MR) is 245 cm³/mol. The van der Waals surface area contributed by atoms with Crippen molar-refractivity contribution in [1.82, 2.24) is 0 Å². The van der Waals surface area contributed by atoms with Gasteiger partial charge in [0.15, 0.2) is 23.1 Å². The summed E-state index contributed by atoms with van der Waals surface area (Å²) in [6.45, 7) is 0. The highest BCUT2D eigenvalue weighted by Crippen LogP contribution is 2.31. The van der Waals surface area contributed by atoms with Gasteiger partial charge in [0, 0.05) is 22.3 Å². The summed E-state index contributed by atoms with van der Waals surface area (Å²) < 4.78 is 0. The first-order valence-electron chi connectivity index (χ1n) is 20.7. The first kappa shape index (κ1) is 41.6. The molecule has 0 aliphatic heterocycles. The molecule has 16 bridgehead atoms. The van der Waals surface area contributed by atoms with E-state index >= 15 is 0 Å². The minimum Gasteiger partial charge on any atom is -0.380 e. The monoisotopic (exact) mass is 840 g/mol. The summed E-state index contributed by atoms with van der Waals surface area (Å²) in [6.07, 6.45) is -5.58. The fraction of sp³-hybridized carbons (Fsp3) is 0.0714. The Morgan fingerprint density at radius 1 is 0.188 bits per heavy atom. The van der Waals surface area contributed by atoms with E-state index < -0.39 is 47.5 Å². The standard InChI is InChI=1S/C56H40O8/c57-49-41-17-1-33(2-18-41)34-3-19-42(20-4-34)51(59)52(60)44-23-7-37(8-24-44)38-11-27-46(28-12-38)55(63)56(64)48-31-15-40(16-32-48)39-13-29-47(30-14-39)54(62)53(61)45-25-9-36(10-26-45)35-5-21-43(22-6-35)50(49)58/h1-32,49,51,54,56-57,59,62,64H/t49-,51-,54+,56+. The Bertz CT molecular complexity index is 2570. The number of hydrogen-bond donors (Lipinski definition) is 4. The van der Waals surface area contributed by atoms with E-state index in [4.69, 9.17) is 0 Å². The van der Waals surface area contributed by atoms with Crippen LogP contribution in [0.25, 0.3) is 44.5 Å². The Labute approximate surface area is 369 Å². The summed E-state index contributed by atoms with van der Waals surface area (Å²) in [7, 11) is 0. The molecule has 64 heavy (non-hydrogen) atoms. The number of aliphatic hydroxyl groups is 4. The van der Waals surface area contributed by atoms with Gasteiger partial charge in [0.2, 0.25) is 0 Å². The maximum Gasteiger partial charge on any atom is 0.195 e. The highest BCUT2D eigenvalue weighted by atomic mass is 16.3. The van der Waals surface area contributed by atoms with Gasteiger partial charge in [0.05, 0.1) is 0 Å². The molecule has 0 amide bonds. The molecule has 13 aliphatic carbocycles. The van der Waals surface area contributed by atoms with Gasteiger partial charge in [-0.25, -0.2) is 0 Å². The third-order valence-electron chi connectivity index (χ3n) is 11.9. The highest BCUT2D eigenvalue weighted by Gasteiger charge is 2.24. The van der Waals surface area contributed by atoms with Crippen LogP contribution in [0.1, 0.15) is 88.1 Å². The minimum atomic E-state index is -1.40. The quantitative estimate of drug-likeness (QED) is 0.118. The fourth-order valence-electron chi connectivity index (χ4n) is 7.98. The van der Waals surface area contributed by atoms with E-state index in [0.717, 1.165) is 44.5 Å². The van der Waals surface area contributed by atoms with Crippen molar-refractivity contribution in [2.24, 2.45) is 0 Å². The number of aliphatic hydroxyl groups excluding tert-OH is 4. The number of Topliss-reactive ketones (excluding diaryl/α,β-unsaturated/α-hetero) is 4. The van der Waals surface area contributed by atoms with E-state index in [0.29, 0.717) is 44.5 Å². The van der Waals surface area contributed by atoms with E-state index in [9.17, 15) is 39.6 Å². The molecule has 0 radical (unpaired) electrons. The van der Waals surface area contributed by atoms with Crippen molar-refractivity contribution in [2.45, 2.75) is 24.4 Å². The van der Waals surface area contributed by atoms with Crippen molar-refractivity contribution < 1.29 is 39.6 Å². The topological polar surface area (TPSA) is 149 Å². The van der Waals surface area contributed by atoms with Gasteiger partial charge in [-0.15, -0.1) is 0 Å². The number of ketones is 4. The van der Waals surface area contributed by atoms with Crippen LogP contribution in [0.2, 0.25) is 0 Å². The Hall–Kier alpha value is -7.72. The Morgan fingerprint density at radius 2 is 0.297 bits per heavy atom. The molecule has 0 heterocycles. The van der Waals surface area contributed by atoms with Crippen LogP contribution in [0.3, 0.4) is 0 Å². The lowest BCUT2D eigenvalue weighted by atomic mass is 9.93. The highest BCUT2D eigenvalue weighted by molar-refractivity contribution is 6.02. The Balaban J connectivity index is 0.994. The van der Waals surface area contributed by atoms with Gasteiger partial charge in [-0.3, -0.25) is 19.2 Å². The smallest absolute Gasteiger partial charge is 0.195 e. The zero-order valence-electron chi connectivity index (χ0n) is 34.2. The van der Waals surface area contributed by atoms with Crippen LogP contribution in [0, 0.1) is 0 Å². The number of rotatable bonds is 0. The largest absolute Gasteiger partial charge is 0.380 e. The molecule has 0 saturated heterocycles. The number of carbonyl (C=O) groups excluding carboxylic acids is 4. The van der Waals surface area contributed by atoms with Gasteiger partial charge in [-0.2, -0.15) is 0 Å². The van der Waals surface area contributed by atoms with Crippen LogP contribution in [0.4, 0.5) is 0 Å². The van der Waals surface area contributed by atoms with Crippen molar-refractivity contribution in [3.05, 3.63) is 239 Å². The van der Waals surface area contributed by atoms with Crippen LogP contribution < -0.4 is 0 Å². The predicted octanol–water partition coefficient (Wildman–Crippen LogP) is 10.3. The van der Waals surface area contributed by atoms with Gasteiger partial charge in [-0.05, 0) is 66.8 Å². The molecule has 0 spiro atoms. The third-order valence-corrected chi connectivity index (χ3v) is 11.9. The third kappa shape index (κ3) is 8.30. The number of benzene rings is 8. The van der Waals surface area contributed by atoms with E-state index in [1.807, 2.05) is 0 Å². The van der Waals surface area contributed by atoms with Crippen molar-refractivity contribution in [1.29, 1.82) is 0 Å². The molecule has 4 atom stereocenters. The van der Waals surface area contributed by atoms with Crippen LogP contribution >= 0.6 is 0 Å². The summed E-state index contributed by atoms with van der Waals surface area (Å²) in [5.74, 6) is -1.86. The van der Waals surface area contributed by atoms with Crippen LogP contribution in [0.15, 0.2) is 194 Å². The molecule has 0 fully saturated rings. The van der Waals surface area contributed by atoms with E-state index in [1.165, 1.54) is 0 Å². The minimum absolute atomic E-state index is 0.326. The molecule has 0 saturated carbocycles. The lowest BCUT2D eigenvalue weighted by Crippen LogP contribution is -2.12. The van der Waals surface area contributed by atoms with E-state index in [2.05, 4.69) is 0 Å². The van der Waals surface area contributed by atoms with Gasteiger partial charge < -0.3 is 20.4 Å². The van der Waals surface area contributed by atoms with Gasteiger partial charge >= 0.3 is 0 Å². The lowest BCUT2D eigenvalue weighted by Gasteiger charge is -2.14. The van der Waals surface area contributed by atoms with E-state index in [-0.39, 0.29) is 0 Å². The first-order valence-corrected chi connectivity index (χ1v) is 20.7. The first-order chi connectivity index (χ1) is 31.0. The maximum atomic E-state index is 13.3. The van der Waals surface area contributed by atoms with Crippen LogP contribution in [-0.2, 0) is 0 Å². The molecule has 312 valence electrons. The maximum absolute atomic E-state index is 13.3. The molecule has 0 aromatic heterocycles. The molecule has 8 aromatic carbocycles.